The number of nitrogens with zero attached hydrogens (tertiary/aromatic N) is 1. The molecule has 0 aromatic heterocycles. The van der Waals surface area contributed by atoms with Gasteiger partial charge in [-0.2, -0.15) is 0 Å². The van der Waals surface area contributed by atoms with Crippen LogP contribution in [0.4, 0.5) is 4.39 Å². The quantitative estimate of drug-likeness (QED) is 0.328. The lowest BCUT2D eigenvalue weighted by Gasteiger charge is -2.12. The van der Waals surface area contributed by atoms with E-state index in [9.17, 15) is 9.18 Å². The zero-order valence-corrected chi connectivity index (χ0v) is 17.8. The number of carbonyl (C=O) groups is 1. The van der Waals surface area contributed by atoms with Gasteiger partial charge >= 0.3 is 0 Å². The third kappa shape index (κ3) is 6.96. The minimum atomic E-state index is -0.187. The average Bonchev–Trinajstić information content (AvgIpc) is 2.69. The Morgan fingerprint density at radius 1 is 1.11 bits per heavy atom. The van der Waals surface area contributed by atoms with Crippen LogP contribution in [0.5, 0.6) is 0 Å². The molecule has 0 spiro atoms. The topological polar surface area (TPSA) is 65.5 Å². The van der Waals surface area contributed by atoms with Gasteiger partial charge in [0.1, 0.15) is 5.82 Å². The molecule has 0 atom stereocenters. The lowest BCUT2D eigenvalue weighted by Crippen LogP contribution is -2.37. The number of halogens is 2. The monoisotopic (exact) mass is 448 g/mol. The molecule has 2 aromatic carbocycles. The predicted octanol–water partition coefficient (Wildman–Crippen LogP) is 3.64. The number of amides is 1. The van der Waals surface area contributed by atoms with Crippen LogP contribution in [0.3, 0.4) is 0 Å². The Labute approximate surface area is 174 Å². The van der Waals surface area contributed by atoms with E-state index < -0.39 is 0 Å². The fraction of sp³-hybridized carbons (Fsp3) is 0.333. The summed E-state index contributed by atoms with van der Waals surface area (Å²) in [7, 11) is 1.71. The van der Waals surface area contributed by atoms with Gasteiger partial charge in [-0.25, -0.2) is 4.39 Å². The van der Waals surface area contributed by atoms with Gasteiger partial charge in [-0.05, 0) is 55.2 Å². The van der Waals surface area contributed by atoms with E-state index in [-0.39, 0.29) is 11.7 Å². The highest BCUT2D eigenvalue weighted by molar-refractivity contribution is 9.10. The van der Waals surface area contributed by atoms with Gasteiger partial charge in [0.25, 0.3) is 5.91 Å². The number of hydrogen-bond donors (Lipinski definition) is 3. The van der Waals surface area contributed by atoms with E-state index >= 15 is 0 Å². The van der Waals surface area contributed by atoms with E-state index in [4.69, 9.17) is 0 Å². The van der Waals surface area contributed by atoms with Crippen molar-refractivity contribution in [2.75, 3.05) is 20.1 Å². The Morgan fingerprint density at radius 2 is 1.86 bits per heavy atom. The minimum absolute atomic E-state index is 0.0679. The summed E-state index contributed by atoms with van der Waals surface area (Å²) in [6.45, 7) is 3.78. The van der Waals surface area contributed by atoms with Gasteiger partial charge in [0.2, 0.25) is 0 Å². The molecule has 3 N–H and O–H groups in total. The van der Waals surface area contributed by atoms with Crippen molar-refractivity contribution in [1.82, 2.24) is 16.0 Å². The van der Waals surface area contributed by atoms with Crippen LogP contribution in [0, 0.1) is 5.82 Å². The standard InChI is InChI=1S/C21H26BrFN4O/c1-3-25-20(28)17-8-6-15(7-9-17)14-27-21(24-2)26-12-4-5-16-10-11-18(22)13-19(16)23/h6-11,13H,3-5,12,14H2,1-2H3,(H,25,28)(H2,24,26,27). The first-order valence-corrected chi connectivity index (χ1v) is 10.1. The van der Waals surface area contributed by atoms with E-state index in [0.29, 0.717) is 43.1 Å². The van der Waals surface area contributed by atoms with Crippen LogP contribution >= 0.6 is 15.9 Å². The van der Waals surface area contributed by atoms with Crippen LogP contribution in [0.2, 0.25) is 0 Å². The first-order chi connectivity index (χ1) is 13.5. The maximum absolute atomic E-state index is 13.8. The second-order valence-electron chi connectivity index (χ2n) is 6.25. The SMILES string of the molecule is CCNC(=O)c1ccc(CNC(=NC)NCCCc2ccc(Br)cc2F)cc1. The molecule has 7 heteroatoms. The fourth-order valence-electron chi connectivity index (χ4n) is 2.65. The summed E-state index contributed by atoms with van der Waals surface area (Å²) in [5.41, 5.74) is 2.40. The highest BCUT2D eigenvalue weighted by atomic mass is 79.9. The maximum Gasteiger partial charge on any atom is 0.251 e. The summed E-state index contributed by atoms with van der Waals surface area (Å²) >= 11 is 3.26. The number of nitrogens with one attached hydrogen (secondary N) is 3. The van der Waals surface area contributed by atoms with E-state index in [1.165, 1.54) is 6.07 Å². The summed E-state index contributed by atoms with van der Waals surface area (Å²) in [4.78, 5) is 16.0. The number of guanidine groups is 1. The molecule has 0 bridgehead atoms. The van der Waals surface area contributed by atoms with Crippen LogP contribution in [-0.2, 0) is 13.0 Å². The lowest BCUT2D eigenvalue weighted by molar-refractivity contribution is 0.0956. The molecule has 0 aliphatic rings. The Balaban J connectivity index is 1.74. The predicted molar refractivity (Wildman–Crippen MR) is 115 cm³/mol. The van der Waals surface area contributed by atoms with E-state index in [2.05, 4.69) is 36.9 Å². The van der Waals surface area contributed by atoms with Crippen LogP contribution < -0.4 is 16.0 Å². The number of rotatable bonds is 8. The Hall–Kier alpha value is -2.41. The number of benzene rings is 2. The Kier molecular flexibility index (Phi) is 8.94. The number of aliphatic imine (C=N–C) groups is 1. The summed E-state index contributed by atoms with van der Waals surface area (Å²) in [5, 5.41) is 9.24. The van der Waals surface area contributed by atoms with E-state index in [0.717, 1.165) is 16.5 Å². The van der Waals surface area contributed by atoms with Crippen molar-refractivity contribution in [3.8, 4) is 0 Å². The molecule has 2 rings (SSSR count). The molecular formula is C21H26BrFN4O. The minimum Gasteiger partial charge on any atom is -0.356 e. The van der Waals surface area contributed by atoms with Gasteiger partial charge in [0.15, 0.2) is 5.96 Å². The largest absolute Gasteiger partial charge is 0.356 e. The molecule has 5 nitrogen and oxygen atoms in total. The summed E-state index contributed by atoms with van der Waals surface area (Å²) < 4.78 is 14.6. The average molecular weight is 449 g/mol. The zero-order chi connectivity index (χ0) is 20.4. The summed E-state index contributed by atoms with van der Waals surface area (Å²) in [6, 6.07) is 12.6. The van der Waals surface area contributed by atoms with Gasteiger partial charge in [0, 0.05) is 36.7 Å². The van der Waals surface area contributed by atoms with Gasteiger partial charge in [-0.1, -0.05) is 34.1 Å². The second-order valence-corrected chi connectivity index (χ2v) is 7.16. The number of hydrogen-bond acceptors (Lipinski definition) is 2. The first kappa shape index (κ1) is 21.9. The van der Waals surface area contributed by atoms with Crippen LogP contribution in [0.1, 0.15) is 34.8 Å². The van der Waals surface area contributed by atoms with Crippen molar-refractivity contribution >= 4 is 27.8 Å². The van der Waals surface area contributed by atoms with Crippen LogP contribution in [-0.4, -0.2) is 32.0 Å². The van der Waals surface area contributed by atoms with Crippen molar-refractivity contribution in [3.63, 3.8) is 0 Å². The van der Waals surface area contributed by atoms with Crippen molar-refractivity contribution in [1.29, 1.82) is 0 Å². The number of carbonyl (C=O) groups excluding carboxylic acids is 1. The lowest BCUT2D eigenvalue weighted by atomic mass is 10.1. The van der Waals surface area contributed by atoms with Crippen molar-refractivity contribution < 1.29 is 9.18 Å². The highest BCUT2D eigenvalue weighted by Crippen LogP contribution is 2.16. The molecule has 0 saturated heterocycles. The molecule has 150 valence electrons. The molecule has 0 saturated carbocycles. The smallest absolute Gasteiger partial charge is 0.251 e. The van der Waals surface area contributed by atoms with E-state index in [1.807, 2.05) is 37.3 Å². The van der Waals surface area contributed by atoms with Crippen LogP contribution in [0.15, 0.2) is 51.9 Å². The highest BCUT2D eigenvalue weighted by Gasteiger charge is 2.05. The third-order valence-electron chi connectivity index (χ3n) is 4.17. The van der Waals surface area contributed by atoms with Gasteiger partial charge in [-0.15, -0.1) is 0 Å². The third-order valence-corrected chi connectivity index (χ3v) is 4.66. The Bertz CT molecular complexity index is 809. The zero-order valence-electron chi connectivity index (χ0n) is 16.2. The molecule has 0 aliphatic carbocycles. The van der Waals surface area contributed by atoms with Crippen molar-refractivity contribution in [2.45, 2.75) is 26.3 Å². The molecule has 0 fully saturated rings. The van der Waals surface area contributed by atoms with Crippen molar-refractivity contribution in [3.05, 3.63) is 69.4 Å². The maximum atomic E-state index is 13.8. The van der Waals surface area contributed by atoms with Gasteiger partial charge in [0.05, 0.1) is 0 Å². The summed E-state index contributed by atoms with van der Waals surface area (Å²) in [6.07, 6.45) is 1.45. The van der Waals surface area contributed by atoms with Gasteiger partial charge < -0.3 is 16.0 Å². The molecule has 1 amide bonds. The Morgan fingerprint density at radius 3 is 2.50 bits per heavy atom. The fourth-order valence-corrected chi connectivity index (χ4v) is 2.99. The van der Waals surface area contributed by atoms with Gasteiger partial charge in [-0.3, -0.25) is 9.79 Å². The molecular weight excluding hydrogens is 423 g/mol. The number of aryl methyl sites for hydroxylation is 1. The second kappa shape index (κ2) is 11.4. The normalized spacial score (nSPS) is 11.2. The molecule has 0 heterocycles. The molecule has 0 aliphatic heterocycles. The van der Waals surface area contributed by atoms with Crippen molar-refractivity contribution in [2.24, 2.45) is 4.99 Å². The summed E-state index contributed by atoms with van der Waals surface area (Å²) in [5.74, 6) is 0.429. The molecule has 0 radical (unpaired) electrons. The van der Waals surface area contributed by atoms with Crippen LogP contribution in [0.25, 0.3) is 0 Å². The first-order valence-electron chi connectivity index (χ1n) is 9.29. The molecule has 28 heavy (non-hydrogen) atoms. The van der Waals surface area contributed by atoms with E-state index in [1.54, 1.807) is 13.1 Å². The molecule has 0 unspecified atom stereocenters. The molecule has 2 aromatic rings.